The van der Waals surface area contributed by atoms with E-state index in [2.05, 4.69) is 0 Å². The predicted molar refractivity (Wildman–Crippen MR) is 103 cm³/mol. The van der Waals surface area contributed by atoms with Gasteiger partial charge in [0.15, 0.2) is 11.2 Å². The maximum Gasteiger partial charge on any atom is 0.265 e. The molecule has 0 unspecified atom stereocenters. The molecule has 4 atom stereocenters. The quantitative estimate of drug-likeness (QED) is 0.687. The van der Waals surface area contributed by atoms with Crippen molar-refractivity contribution < 1.29 is 35.0 Å². The molecule has 2 aromatic rings. The smallest absolute Gasteiger partial charge is 0.265 e. The van der Waals surface area contributed by atoms with Gasteiger partial charge in [-0.05, 0) is 16.7 Å². The van der Waals surface area contributed by atoms with Crippen LogP contribution in [0.3, 0.4) is 0 Å². The summed E-state index contributed by atoms with van der Waals surface area (Å²) >= 11 is 0. The van der Waals surface area contributed by atoms with Gasteiger partial charge in [0, 0.05) is 0 Å². The Balaban J connectivity index is 2.06. The van der Waals surface area contributed by atoms with Crippen molar-refractivity contribution in [2.45, 2.75) is 23.4 Å². The molecule has 1 N–H and O–H groups in total. The van der Waals surface area contributed by atoms with Crippen molar-refractivity contribution in [3.8, 4) is 0 Å². The molecular weight excluding hydrogens is 420 g/mol. The third-order valence-corrected chi connectivity index (χ3v) is 6.41. The first-order valence-corrected chi connectivity index (χ1v) is 12.4. The van der Waals surface area contributed by atoms with Crippen molar-refractivity contribution in [2.75, 3.05) is 19.1 Å². The standard InChI is InChI=1S/C19H20O8S2/c1-28(21,22)26-16-12-25-17-14-10-6-7-11-15(14)18(20,13-8-4-3-5-9-13)19(16,17)27-29(2,23)24/h3-11,16-17,20H,12H2,1-2H3/t16-,17+,18-,19-/m0/s1. The molecule has 4 rings (SSSR count). The summed E-state index contributed by atoms with van der Waals surface area (Å²) in [5.41, 5.74) is -2.94. The second-order valence-corrected chi connectivity index (χ2v) is 10.4. The molecular formula is C19H20O8S2. The Morgan fingerprint density at radius 2 is 1.59 bits per heavy atom. The highest BCUT2D eigenvalue weighted by Crippen LogP contribution is 2.62. The van der Waals surface area contributed by atoms with Crippen molar-refractivity contribution in [3.63, 3.8) is 0 Å². The number of hydrogen-bond acceptors (Lipinski definition) is 8. The van der Waals surface area contributed by atoms with Crippen LogP contribution in [-0.4, -0.2) is 52.8 Å². The van der Waals surface area contributed by atoms with Gasteiger partial charge in [-0.25, -0.2) is 0 Å². The highest BCUT2D eigenvalue weighted by Gasteiger charge is 2.74. The van der Waals surface area contributed by atoms with Crippen LogP contribution in [0.2, 0.25) is 0 Å². The third kappa shape index (κ3) is 3.11. The van der Waals surface area contributed by atoms with E-state index in [0.29, 0.717) is 16.7 Å². The Morgan fingerprint density at radius 3 is 2.21 bits per heavy atom. The topological polar surface area (TPSA) is 116 Å². The lowest BCUT2D eigenvalue weighted by molar-refractivity contribution is -0.155. The molecule has 2 aromatic carbocycles. The number of fused-ring (bicyclic) bond motifs is 3. The van der Waals surface area contributed by atoms with E-state index in [1.165, 1.54) is 0 Å². The van der Waals surface area contributed by atoms with Crippen LogP contribution in [0.1, 0.15) is 22.8 Å². The molecule has 1 saturated heterocycles. The second kappa shape index (κ2) is 6.59. The molecule has 156 valence electrons. The number of rotatable bonds is 5. The van der Waals surface area contributed by atoms with Gasteiger partial charge in [-0.1, -0.05) is 54.6 Å². The number of benzene rings is 2. The first-order valence-electron chi connectivity index (χ1n) is 8.77. The number of hydrogen-bond donors (Lipinski definition) is 1. The fraction of sp³-hybridized carbons (Fsp3) is 0.368. The van der Waals surface area contributed by atoms with Crippen molar-refractivity contribution in [1.29, 1.82) is 0 Å². The number of ether oxygens (including phenoxy) is 1. The van der Waals surface area contributed by atoms with E-state index in [0.717, 1.165) is 12.5 Å². The molecule has 2 aliphatic rings. The van der Waals surface area contributed by atoms with Crippen LogP contribution in [0, 0.1) is 0 Å². The molecule has 0 saturated carbocycles. The van der Waals surface area contributed by atoms with Gasteiger partial charge in [0.2, 0.25) is 0 Å². The Kier molecular flexibility index (Phi) is 4.65. The van der Waals surface area contributed by atoms with E-state index in [1.54, 1.807) is 54.6 Å². The molecule has 0 radical (unpaired) electrons. The van der Waals surface area contributed by atoms with E-state index in [1.807, 2.05) is 0 Å². The zero-order valence-corrected chi connectivity index (χ0v) is 17.3. The van der Waals surface area contributed by atoms with Crippen LogP contribution in [0.5, 0.6) is 0 Å². The van der Waals surface area contributed by atoms with E-state index in [-0.39, 0.29) is 6.61 Å². The summed E-state index contributed by atoms with van der Waals surface area (Å²) in [5.74, 6) is 0. The maximum absolute atomic E-state index is 12.3. The summed E-state index contributed by atoms with van der Waals surface area (Å²) in [5, 5.41) is 12.1. The van der Waals surface area contributed by atoms with Gasteiger partial charge in [-0.2, -0.15) is 16.8 Å². The first kappa shape index (κ1) is 20.5. The van der Waals surface area contributed by atoms with Gasteiger partial charge in [-0.3, -0.25) is 8.37 Å². The SMILES string of the molecule is CS(=O)(=O)O[C@H]1CO[C@@H]2c3ccccc3[C@@](O)(c3ccccc3)[C@]12OS(C)(=O)=O. The zero-order valence-electron chi connectivity index (χ0n) is 15.7. The van der Waals surface area contributed by atoms with Crippen LogP contribution >= 0.6 is 0 Å². The van der Waals surface area contributed by atoms with Crippen LogP contribution in [0.4, 0.5) is 0 Å². The minimum absolute atomic E-state index is 0.281. The van der Waals surface area contributed by atoms with Crippen LogP contribution in [-0.2, 0) is 38.9 Å². The lowest BCUT2D eigenvalue weighted by Gasteiger charge is -2.43. The summed E-state index contributed by atoms with van der Waals surface area (Å²) in [6.45, 7) is -0.281. The van der Waals surface area contributed by atoms with Crippen molar-refractivity contribution >= 4 is 20.2 Å². The van der Waals surface area contributed by atoms with Crippen LogP contribution in [0.25, 0.3) is 0 Å². The Hall–Kier alpha value is -1.82. The summed E-state index contributed by atoms with van der Waals surface area (Å²) in [7, 11) is -8.20. The second-order valence-electron chi connectivity index (χ2n) is 7.25. The summed E-state index contributed by atoms with van der Waals surface area (Å²) in [4.78, 5) is 0. The van der Waals surface area contributed by atoms with E-state index in [4.69, 9.17) is 13.1 Å². The Labute approximate surface area is 169 Å². The van der Waals surface area contributed by atoms with E-state index < -0.39 is 43.6 Å². The van der Waals surface area contributed by atoms with Gasteiger partial charge in [-0.15, -0.1) is 0 Å². The average Bonchev–Trinajstić information content (AvgIpc) is 3.07. The van der Waals surface area contributed by atoms with Gasteiger partial charge in [0.1, 0.15) is 12.2 Å². The molecule has 0 bridgehead atoms. The van der Waals surface area contributed by atoms with Gasteiger partial charge in [0.25, 0.3) is 20.2 Å². The van der Waals surface area contributed by atoms with Gasteiger partial charge >= 0.3 is 0 Å². The van der Waals surface area contributed by atoms with E-state index >= 15 is 0 Å². The molecule has 1 heterocycles. The fourth-order valence-electron chi connectivity index (χ4n) is 4.39. The first-order chi connectivity index (χ1) is 13.5. The molecule has 1 aliphatic heterocycles. The van der Waals surface area contributed by atoms with Crippen LogP contribution in [0.15, 0.2) is 54.6 Å². The Morgan fingerprint density at radius 1 is 0.966 bits per heavy atom. The van der Waals surface area contributed by atoms with Crippen LogP contribution < -0.4 is 0 Å². The van der Waals surface area contributed by atoms with E-state index in [9.17, 15) is 21.9 Å². The highest BCUT2D eigenvalue weighted by atomic mass is 32.2. The third-order valence-electron chi connectivity index (χ3n) is 5.25. The highest BCUT2D eigenvalue weighted by molar-refractivity contribution is 7.86. The summed E-state index contributed by atoms with van der Waals surface area (Å²) < 4.78 is 65.0. The van der Waals surface area contributed by atoms with Crippen molar-refractivity contribution in [1.82, 2.24) is 0 Å². The zero-order chi connectivity index (χ0) is 21.1. The predicted octanol–water partition coefficient (Wildman–Crippen LogP) is 1.07. The monoisotopic (exact) mass is 440 g/mol. The van der Waals surface area contributed by atoms with Gasteiger partial charge < -0.3 is 9.84 Å². The minimum atomic E-state index is -4.17. The maximum atomic E-state index is 12.3. The van der Waals surface area contributed by atoms with Crippen molar-refractivity contribution in [2.24, 2.45) is 0 Å². The molecule has 29 heavy (non-hydrogen) atoms. The Bertz CT molecular complexity index is 1150. The summed E-state index contributed by atoms with van der Waals surface area (Å²) in [6, 6.07) is 15.1. The molecule has 10 heteroatoms. The van der Waals surface area contributed by atoms with Gasteiger partial charge in [0.05, 0.1) is 19.1 Å². The summed E-state index contributed by atoms with van der Waals surface area (Å²) in [6.07, 6.45) is -0.790. The molecule has 0 aromatic heterocycles. The fourth-order valence-corrected chi connectivity index (χ4v) is 5.82. The number of aliphatic hydroxyl groups is 1. The lowest BCUT2D eigenvalue weighted by Crippen LogP contribution is -2.60. The minimum Gasteiger partial charge on any atom is -0.377 e. The largest absolute Gasteiger partial charge is 0.377 e. The lowest BCUT2D eigenvalue weighted by atomic mass is 9.74. The molecule has 8 nitrogen and oxygen atoms in total. The normalized spacial score (nSPS) is 31.4. The molecule has 1 aliphatic carbocycles. The van der Waals surface area contributed by atoms with Crippen molar-refractivity contribution in [3.05, 3.63) is 71.3 Å². The molecule has 0 spiro atoms. The molecule has 0 amide bonds. The average molecular weight is 440 g/mol. The molecule has 1 fully saturated rings.